The van der Waals surface area contributed by atoms with Crippen molar-refractivity contribution in [2.75, 3.05) is 32.4 Å². The molecule has 0 N–H and O–H groups in total. The third kappa shape index (κ3) is 4.42. The number of hydrogen-bond acceptors (Lipinski definition) is 5. The molecule has 1 saturated heterocycles. The van der Waals surface area contributed by atoms with Gasteiger partial charge < -0.3 is 9.80 Å². The second kappa shape index (κ2) is 9.02. The Kier molecular flexibility index (Phi) is 6.20. The number of benzene rings is 2. The van der Waals surface area contributed by atoms with Crippen molar-refractivity contribution in [2.24, 2.45) is 0 Å². The number of rotatable bonds is 5. The van der Waals surface area contributed by atoms with Crippen LogP contribution < -0.4 is 0 Å². The molecule has 2 aromatic carbocycles. The number of aryl methyl sites for hydroxylation is 2. The molecule has 0 spiro atoms. The van der Waals surface area contributed by atoms with Gasteiger partial charge in [0, 0.05) is 25.3 Å². The van der Waals surface area contributed by atoms with Gasteiger partial charge in [-0.2, -0.15) is 0 Å². The van der Waals surface area contributed by atoms with E-state index in [1.54, 1.807) is 6.33 Å². The number of amides is 1. The highest BCUT2D eigenvalue weighted by Crippen LogP contribution is 2.27. The zero-order chi connectivity index (χ0) is 21.1. The van der Waals surface area contributed by atoms with Gasteiger partial charge >= 0.3 is 0 Å². The fourth-order valence-electron chi connectivity index (χ4n) is 3.76. The number of carbonyl (C=O) groups excluding carboxylic acids is 1. The molecular formula is C23H27N5OS. The van der Waals surface area contributed by atoms with E-state index in [1.807, 2.05) is 27.7 Å². The Labute approximate surface area is 181 Å². The summed E-state index contributed by atoms with van der Waals surface area (Å²) in [6, 6.07) is 16.6. The molecule has 1 amide bonds. The van der Waals surface area contributed by atoms with Crippen LogP contribution in [-0.2, 0) is 4.79 Å². The van der Waals surface area contributed by atoms with Crippen molar-refractivity contribution in [3.63, 3.8) is 0 Å². The van der Waals surface area contributed by atoms with Crippen molar-refractivity contribution in [3.8, 4) is 5.69 Å². The van der Waals surface area contributed by atoms with E-state index in [0.717, 1.165) is 30.5 Å². The summed E-state index contributed by atoms with van der Waals surface area (Å²) in [7, 11) is 2.11. The first-order chi connectivity index (χ1) is 14.5. The first kappa shape index (κ1) is 20.6. The maximum absolute atomic E-state index is 13.2. The molecule has 1 atom stereocenters. The van der Waals surface area contributed by atoms with Gasteiger partial charge in [-0.15, -0.1) is 10.2 Å². The Hall–Kier alpha value is -2.64. The lowest BCUT2D eigenvalue weighted by molar-refractivity contribution is -0.133. The molecule has 1 aromatic heterocycles. The number of aromatic nitrogens is 3. The second-order valence-corrected chi connectivity index (χ2v) is 8.76. The van der Waals surface area contributed by atoms with Crippen LogP contribution in [0.4, 0.5) is 0 Å². The third-order valence-corrected chi connectivity index (χ3v) is 6.63. The summed E-state index contributed by atoms with van der Waals surface area (Å²) in [5, 5.41) is 9.06. The highest BCUT2D eigenvalue weighted by molar-refractivity contribution is 7.99. The topological polar surface area (TPSA) is 54.3 Å². The zero-order valence-corrected chi connectivity index (χ0v) is 18.5. The molecule has 0 unspecified atom stereocenters. The summed E-state index contributed by atoms with van der Waals surface area (Å²) in [6.45, 7) is 6.66. The molecule has 1 fully saturated rings. The van der Waals surface area contributed by atoms with E-state index in [-0.39, 0.29) is 11.9 Å². The number of likely N-dealkylation sites (N-methyl/N-ethyl adjacent to an activating group) is 1. The predicted molar refractivity (Wildman–Crippen MR) is 120 cm³/mol. The van der Waals surface area contributed by atoms with E-state index < -0.39 is 0 Å². The maximum Gasteiger partial charge on any atom is 0.233 e. The highest BCUT2D eigenvalue weighted by atomic mass is 32.2. The summed E-state index contributed by atoms with van der Waals surface area (Å²) in [4.78, 5) is 17.5. The standard InChI is InChI=1S/C23H27N5OS/c1-17-9-10-20(13-18(17)2)28-16-24-25-23(28)30-15-22(29)27-12-11-26(3)14-21(27)19-7-5-4-6-8-19/h4-10,13,16,21H,11-12,14-15H2,1-3H3/t21-/m1/s1. The van der Waals surface area contributed by atoms with E-state index in [9.17, 15) is 4.79 Å². The van der Waals surface area contributed by atoms with Gasteiger partial charge in [-0.25, -0.2) is 0 Å². The molecule has 156 valence electrons. The number of nitrogens with zero attached hydrogens (tertiary/aromatic N) is 5. The van der Waals surface area contributed by atoms with Gasteiger partial charge in [-0.3, -0.25) is 9.36 Å². The minimum absolute atomic E-state index is 0.0793. The summed E-state index contributed by atoms with van der Waals surface area (Å²) < 4.78 is 1.95. The number of thioether (sulfide) groups is 1. The van der Waals surface area contributed by atoms with Crippen molar-refractivity contribution >= 4 is 17.7 Å². The van der Waals surface area contributed by atoms with E-state index in [0.29, 0.717) is 5.75 Å². The molecular weight excluding hydrogens is 394 g/mol. The minimum Gasteiger partial charge on any atom is -0.332 e. The lowest BCUT2D eigenvalue weighted by Gasteiger charge is -2.40. The van der Waals surface area contributed by atoms with E-state index in [1.165, 1.54) is 28.5 Å². The fourth-order valence-corrected chi connectivity index (χ4v) is 4.58. The molecule has 7 heteroatoms. The molecule has 6 nitrogen and oxygen atoms in total. The Morgan fingerprint density at radius 2 is 1.90 bits per heavy atom. The molecule has 0 bridgehead atoms. The molecule has 2 heterocycles. The number of hydrogen-bond donors (Lipinski definition) is 0. The largest absolute Gasteiger partial charge is 0.332 e. The Morgan fingerprint density at radius 3 is 2.67 bits per heavy atom. The van der Waals surface area contributed by atoms with Crippen LogP contribution in [0.1, 0.15) is 22.7 Å². The van der Waals surface area contributed by atoms with Crippen LogP contribution in [0.2, 0.25) is 0 Å². The van der Waals surface area contributed by atoms with Crippen LogP contribution in [0.15, 0.2) is 60.0 Å². The van der Waals surface area contributed by atoms with Crippen molar-refractivity contribution in [1.29, 1.82) is 0 Å². The summed E-state index contributed by atoms with van der Waals surface area (Å²) in [6.07, 6.45) is 1.71. The highest BCUT2D eigenvalue weighted by Gasteiger charge is 2.30. The van der Waals surface area contributed by atoms with Crippen LogP contribution in [0.25, 0.3) is 5.69 Å². The smallest absolute Gasteiger partial charge is 0.233 e. The average Bonchev–Trinajstić information content (AvgIpc) is 3.23. The van der Waals surface area contributed by atoms with Crippen LogP contribution in [-0.4, -0.2) is 62.9 Å². The summed E-state index contributed by atoms with van der Waals surface area (Å²) in [5.41, 5.74) is 4.66. The third-order valence-electron chi connectivity index (χ3n) is 5.70. The quantitative estimate of drug-likeness (QED) is 0.591. The number of carbonyl (C=O) groups is 1. The maximum atomic E-state index is 13.2. The van der Waals surface area contributed by atoms with Crippen LogP contribution in [0.5, 0.6) is 0 Å². The summed E-state index contributed by atoms with van der Waals surface area (Å²) in [5.74, 6) is 0.480. The SMILES string of the molecule is Cc1ccc(-n2cnnc2SCC(=O)N2CCN(C)C[C@@H]2c2ccccc2)cc1C. The zero-order valence-electron chi connectivity index (χ0n) is 17.7. The predicted octanol–water partition coefficient (Wildman–Crippen LogP) is 3.49. The summed E-state index contributed by atoms with van der Waals surface area (Å²) >= 11 is 1.44. The Bertz CT molecular complexity index is 1020. The normalized spacial score (nSPS) is 17.3. The van der Waals surface area contributed by atoms with Crippen LogP contribution in [0.3, 0.4) is 0 Å². The molecule has 0 aliphatic carbocycles. The van der Waals surface area contributed by atoms with Crippen molar-refractivity contribution < 1.29 is 4.79 Å². The van der Waals surface area contributed by atoms with Gasteiger partial charge in [0.05, 0.1) is 11.8 Å². The van der Waals surface area contributed by atoms with Gasteiger partial charge in [0.15, 0.2) is 5.16 Å². The molecule has 0 saturated carbocycles. The molecule has 30 heavy (non-hydrogen) atoms. The van der Waals surface area contributed by atoms with Gasteiger partial charge in [-0.05, 0) is 49.7 Å². The van der Waals surface area contributed by atoms with Gasteiger partial charge in [-0.1, -0.05) is 48.2 Å². The molecule has 3 aromatic rings. The molecule has 0 radical (unpaired) electrons. The fraction of sp³-hybridized carbons (Fsp3) is 0.348. The average molecular weight is 422 g/mol. The second-order valence-electron chi connectivity index (χ2n) is 7.82. The number of piperazine rings is 1. The lowest BCUT2D eigenvalue weighted by atomic mass is 10.0. The first-order valence-corrected chi connectivity index (χ1v) is 11.1. The Morgan fingerprint density at radius 1 is 1.10 bits per heavy atom. The molecule has 4 rings (SSSR count). The van der Waals surface area contributed by atoms with Crippen LogP contribution >= 0.6 is 11.8 Å². The van der Waals surface area contributed by atoms with Crippen molar-refractivity contribution in [3.05, 3.63) is 71.5 Å². The van der Waals surface area contributed by atoms with E-state index in [2.05, 4.69) is 66.3 Å². The first-order valence-electron chi connectivity index (χ1n) is 10.2. The molecule has 1 aliphatic heterocycles. The Balaban J connectivity index is 1.48. The van der Waals surface area contributed by atoms with E-state index >= 15 is 0 Å². The monoisotopic (exact) mass is 421 g/mol. The van der Waals surface area contributed by atoms with Crippen LogP contribution in [0, 0.1) is 13.8 Å². The van der Waals surface area contributed by atoms with Crippen molar-refractivity contribution in [1.82, 2.24) is 24.6 Å². The van der Waals surface area contributed by atoms with E-state index in [4.69, 9.17) is 0 Å². The molecule has 1 aliphatic rings. The van der Waals surface area contributed by atoms with Crippen molar-refractivity contribution in [2.45, 2.75) is 25.0 Å². The van der Waals surface area contributed by atoms with Gasteiger partial charge in [0.1, 0.15) is 6.33 Å². The van der Waals surface area contributed by atoms with Gasteiger partial charge in [0.2, 0.25) is 5.91 Å². The lowest BCUT2D eigenvalue weighted by Crippen LogP contribution is -2.49. The minimum atomic E-state index is 0.0793. The van der Waals surface area contributed by atoms with Gasteiger partial charge in [0.25, 0.3) is 0 Å².